The molecule has 4 heteroatoms. The summed E-state index contributed by atoms with van der Waals surface area (Å²) in [7, 11) is 0. The molecular weight excluding hydrogens is 208 g/mol. The second kappa shape index (κ2) is 5.20. The van der Waals surface area contributed by atoms with E-state index < -0.39 is 5.54 Å². The van der Waals surface area contributed by atoms with Crippen molar-refractivity contribution in [1.29, 1.82) is 5.26 Å². The van der Waals surface area contributed by atoms with Crippen molar-refractivity contribution in [1.82, 2.24) is 5.32 Å². The van der Waals surface area contributed by atoms with Crippen molar-refractivity contribution in [3.63, 3.8) is 0 Å². The summed E-state index contributed by atoms with van der Waals surface area (Å²) >= 11 is 1.65. The van der Waals surface area contributed by atoms with Gasteiger partial charge in [-0.25, -0.2) is 0 Å². The minimum Gasteiger partial charge on any atom is -0.392 e. The Morgan fingerprint density at radius 3 is 2.60 bits per heavy atom. The molecule has 86 valence electrons. The lowest BCUT2D eigenvalue weighted by Crippen LogP contribution is -2.45. The van der Waals surface area contributed by atoms with Crippen LogP contribution >= 0.6 is 11.8 Å². The summed E-state index contributed by atoms with van der Waals surface area (Å²) in [5.74, 6) is 0.728. The Balaban J connectivity index is 2.35. The zero-order valence-electron chi connectivity index (χ0n) is 9.66. The van der Waals surface area contributed by atoms with E-state index in [1.54, 1.807) is 18.7 Å². The van der Waals surface area contributed by atoms with Crippen LogP contribution in [0.3, 0.4) is 0 Å². The smallest absolute Gasteiger partial charge is 0.113 e. The van der Waals surface area contributed by atoms with Gasteiger partial charge in [-0.2, -0.15) is 17.0 Å². The highest BCUT2D eigenvalue weighted by Gasteiger charge is 2.33. The van der Waals surface area contributed by atoms with Crippen LogP contribution in [0.25, 0.3) is 0 Å². The Morgan fingerprint density at radius 2 is 2.20 bits per heavy atom. The summed E-state index contributed by atoms with van der Waals surface area (Å²) in [4.78, 5) is 0. The van der Waals surface area contributed by atoms with Crippen LogP contribution in [0.4, 0.5) is 0 Å². The standard InChI is InChI=1S/C11H20N2OS/c1-8(14)9(2)15-7-11(3,6-12)13-10-4-5-10/h8-10,13-14H,4-5,7H2,1-3H3. The molecule has 0 saturated heterocycles. The third kappa shape index (κ3) is 4.42. The molecular formula is C11H20N2OS. The molecule has 2 N–H and O–H groups in total. The molecule has 0 aromatic carbocycles. The summed E-state index contributed by atoms with van der Waals surface area (Å²) in [6.07, 6.45) is 2.06. The van der Waals surface area contributed by atoms with Crippen molar-refractivity contribution >= 4 is 11.8 Å². The topological polar surface area (TPSA) is 56.0 Å². The van der Waals surface area contributed by atoms with Crippen molar-refractivity contribution < 1.29 is 5.11 Å². The van der Waals surface area contributed by atoms with Crippen LogP contribution < -0.4 is 5.32 Å². The summed E-state index contributed by atoms with van der Waals surface area (Å²) < 4.78 is 0. The number of aliphatic hydroxyl groups excluding tert-OH is 1. The van der Waals surface area contributed by atoms with Gasteiger partial charge in [-0.05, 0) is 26.7 Å². The number of thioether (sulfide) groups is 1. The van der Waals surface area contributed by atoms with E-state index in [-0.39, 0.29) is 11.4 Å². The van der Waals surface area contributed by atoms with Gasteiger partial charge in [0, 0.05) is 17.0 Å². The zero-order chi connectivity index (χ0) is 11.5. The molecule has 1 rings (SSSR count). The Labute approximate surface area is 96.2 Å². The number of nitriles is 1. The number of hydrogen-bond acceptors (Lipinski definition) is 4. The average molecular weight is 228 g/mol. The maximum atomic E-state index is 9.36. The normalized spacial score (nSPS) is 23.9. The highest BCUT2D eigenvalue weighted by molar-refractivity contribution is 8.00. The van der Waals surface area contributed by atoms with Crippen molar-refractivity contribution in [3.05, 3.63) is 0 Å². The second-order valence-electron chi connectivity index (χ2n) is 4.62. The monoisotopic (exact) mass is 228 g/mol. The van der Waals surface area contributed by atoms with E-state index in [9.17, 15) is 5.11 Å². The zero-order valence-corrected chi connectivity index (χ0v) is 10.5. The Bertz CT molecular complexity index is 247. The van der Waals surface area contributed by atoms with Crippen LogP contribution in [0.2, 0.25) is 0 Å². The maximum absolute atomic E-state index is 9.36. The molecule has 1 saturated carbocycles. The van der Waals surface area contributed by atoms with Gasteiger partial charge in [-0.1, -0.05) is 6.92 Å². The summed E-state index contributed by atoms with van der Waals surface area (Å²) in [6, 6.07) is 2.87. The van der Waals surface area contributed by atoms with Gasteiger partial charge in [0.25, 0.3) is 0 Å². The van der Waals surface area contributed by atoms with Gasteiger partial charge in [-0.15, -0.1) is 0 Å². The molecule has 1 fully saturated rings. The molecule has 1 aliphatic rings. The maximum Gasteiger partial charge on any atom is 0.113 e. The van der Waals surface area contributed by atoms with E-state index in [0.717, 1.165) is 5.75 Å². The van der Waals surface area contributed by atoms with E-state index in [4.69, 9.17) is 5.26 Å². The van der Waals surface area contributed by atoms with Crippen LogP contribution in [0.5, 0.6) is 0 Å². The van der Waals surface area contributed by atoms with Gasteiger partial charge in [0.2, 0.25) is 0 Å². The summed E-state index contributed by atoms with van der Waals surface area (Å²) in [6.45, 7) is 5.72. The van der Waals surface area contributed by atoms with E-state index in [0.29, 0.717) is 6.04 Å². The lowest BCUT2D eigenvalue weighted by molar-refractivity contribution is 0.196. The third-order valence-electron chi connectivity index (χ3n) is 2.66. The summed E-state index contributed by atoms with van der Waals surface area (Å²) in [5.41, 5.74) is -0.449. The van der Waals surface area contributed by atoms with Gasteiger partial charge in [0.05, 0.1) is 12.2 Å². The van der Waals surface area contributed by atoms with Crippen molar-refractivity contribution in [2.45, 2.75) is 56.5 Å². The van der Waals surface area contributed by atoms with E-state index in [1.165, 1.54) is 12.8 Å². The van der Waals surface area contributed by atoms with Gasteiger partial charge in [0.1, 0.15) is 5.54 Å². The summed E-state index contributed by atoms with van der Waals surface area (Å²) in [5, 5.41) is 22.0. The number of aliphatic hydroxyl groups is 1. The molecule has 1 aliphatic carbocycles. The van der Waals surface area contributed by atoms with Crippen LogP contribution in [-0.2, 0) is 0 Å². The first-order valence-corrected chi connectivity index (χ1v) is 6.50. The fraction of sp³-hybridized carbons (Fsp3) is 0.909. The fourth-order valence-electron chi connectivity index (χ4n) is 1.22. The second-order valence-corrected chi connectivity index (χ2v) is 5.98. The molecule has 0 aromatic rings. The van der Waals surface area contributed by atoms with E-state index >= 15 is 0 Å². The first kappa shape index (κ1) is 12.8. The van der Waals surface area contributed by atoms with Crippen LogP contribution in [0.15, 0.2) is 0 Å². The van der Waals surface area contributed by atoms with E-state index in [2.05, 4.69) is 11.4 Å². The number of nitrogens with zero attached hydrogens (tertiary/aromatic N) is 1. The SMILES string of the molecule is CC(O)C(C)SCC(C)(C#N)NC1CC1. The third-order valence-corrected chi connectivity index (χ3v) is 4.32. The molecule has 0 aromatic heterocycles. The molecule has 0 radical (unpaired) electrons. The molecule has 0 bridgehead atoms. The molecule has 0 spiro atoms. The van der Waals surface area contributed by atoms with Gasteiger partial charge < -0.3 is 5.11 Å². The molecule has 0 aliphatic heterocycles. The Morgan fingerprint density at radius 1 is 1.60 bits per heavy atom. The van der Waals surface area contributed by atoms with Crippen molar-refractivity contribution in [2.24, 2.45) is 0 Å². The van der Waals surface area contributed by atoms with Gasteiger partial charge in [-0.3, -0.25) is 5.32 Å². The van der Waals surface area contributed by atoms with Crippen molar-refractivity contribution in [2.75, 3.05) is 5.75 Å². The van der Waals surface area contributed by atoms with Crippen LogP contribution in [0.1, 0.15) is 33.6 Å². The quantitative estimate of drug-likeness (QED) is 0.724. The Kier molecular flexibility index (Phi) is 4.45. The highest BCUT2D eigenvalue weighted by Crippen LogP contribution is 2.26. The first-order valence-electron chi connectivity index (χ1n) is 5.45. The minimum atomic E-state index is -0.449. The lowest BCUT2D eigenvalue weighted by Gasteiger charge is -2.25. The fourth-order valence-corrected chi connectivity index (χ4v) is 2.24. The molecule has 3 atom stereocenters. The van der Waals surface area contributed by atoms with Crippen molar-refractivity contribution in [3.8, 4) is 6.07 Å². The molecule has 3 nitrogen and oxygen atoms in total. The molecule has 15 heavy (non-hydrogen) atoms. The lowest BCUT2D eigenvalue weighted by atomic mass is 10.1. The molecule has 3 unspecified atom stereocenters. The van der Waals surface area contributed by atoms with Crippen LogP contribution in [-0.4, -0.2) is 33.8 Å². The highest BCUT2D eigenvalue weighted by atomic mass is 32.2. The number of rotatable bonds is 6. The van der Waals surface area contributed by atoms with Gasteiger partial charge >= 0.3 is 0 Å². The van der Waals surface area contributed by atoms with E-state index in [1.807, 2.05) is 13.8 Å². The molecule has 0 heterocycles. The predicted molar refractivity (Wildman–Crippen MR) is 63.8 cm³/mol. The molecule has 0 amide bonds. The Hall–Kier alpha value is -0.240. The average Bonchev–Trinajstić information content (AvgIpc) is 2.98. The minimum absolute atomic E-state index is 0.179. The number of nitrogens with one attached hydrogen (secondary N) is 1. The number of hydrogen-bond donors (Lipinski definition) is 2. The van der Waals surface area contributed by atoms with Crippen LogP contribution in [0, 0.1) is 11.3 Å². The van der Waals surface area contributed by atoms with Gasteiger partial charge in [0.15, 0.2) is 0 Å². The predicted octanol–water partition coefficient (Wildman–Crippen LogP) is 1.52. The first-order chi connectivity index (χ1) is 6.97. The largest absolute Gasteiger partial charge is 0.392 e.